The van der Waals surface area contributed by atoms with Gasteiger partial charge in [-0.25, -0.2) is 0 Å². The summed E-state index contributed by atoms with van der Waals surface area (Å²) in [5, 5.41) is 9.41. The molecule has 0 atom stereocenters. The van der Waals surface area contributed by atoms with Gasteiger partial charge in [-0.2, -0.15) is 0 Å². The zero-order chi connectivity index (χ0) is 8.20. The average Bonchev–Trinajstić information content (AvgIpc) is 1.81. The van der Waals surface area contributed by atoms with Gasteiger partial charge in [0.15, 0.2) is 0 Å². The lowest BCUT2D eigenvalue weighted by Gasteiger charge is -2.25. The average molecular weight is 257 g/mol. The van der Waals surface area contributed by atoms with Crippen molar-refractivity contribution < 1.29 is 5.11 Å². The fourth-order valence-corrected chi connectivity index (χ4v) is 1.51. The molecule has 0 bridgehead atoms. The van der Waals surface area contributed by atoms with Crippen LogP contribution in [0.15, 0.2) is 0 Å². The molecule has 0 aromatic rings. The van der Waals surface area contributed by atoms with Gasteiger partial charge in [0.2, 0.25) is 0 Å². The Bertz CT molecular complexity index is 86.1. The van der Waals surface area contributed by atoms with Gasteiger partial charge in [-0.05, 0) is 20.4 Å². The second-order valence-corrected chi connectivity index (χ2v) is 3.76. The van der Waals surface area contributed by atoms with E-state index in [4.69, 9.17) is 0 Å². The monoisotopic (exact) mass is 257 g/mol. The zero-order valence-electron chi connectivity index (χ0n) is 6.89. The highest BCUT2D eigenvalue weighted by atomic mass is 127. The van der Waals surface area contributed by atoms with Crippen LogP contribution in [0.4, 0.5) is 0 Å². The molecule has 0 amide bonds. The molecule has 0 aromatic carbocycles. The molecule has 62 valence electrons. The molecule has 0 spiro atoms. The first-order valence-corrected chi connectivity index (χ1v) is 5.03. The molecule has 3 heteroatoms. The molecule has 0 fully saturated rings. The van der Waals surface area contributed by atoms with Crippen molar-refractivity contribution in [3.05, 3.63) is 0 Å². The van der Waals surface area contributed by atoms with E-state index in [0.717, 1.165) is 17.6 Å². The molecule has 0 rings (SSSR count). The van der Waals surface area contributed by atoms with Gasteiger partial charge in [0.1, 0.15) is 0 Å². The third-order valence-corrected chi connectivity index (χ3v) is 2.19. The highest BCUT2D eigenvalue weighted by Crippen LogP contribution is 2.05. The summed E-state index contributed by atoms with van der Waals surface area (Å²) in [6, 6.07) is 0. The minimum atomic E-state index is -0.554. The van der Waals surface area contributed by atoms with E-state index in [9.17, 15) is 5.11 Å². The Morgan fingerprint density at radius 2 is 2.00 bits per heavy atom. The van der Waals surface area contributed by atoms with Crippen LogP contribution in [0.2, 0.25) is 0 Å². The van der Waals surface area contributed by atoms with E-state index in [1.165, 1.54) is 0 Å². The second kappa shape index (κ2) is 4.51. The molecule has 1 N–H and O–H groups in total. The normalized spacial score (nSPS) is 12.6. The Morgan fingerprint density at radius 3 is 2.10 bits per heavy atom. The Morgan fingerprint density at radius 1 is 1.50 bits per heavy atom. The summed E-state index contributed by atoms with van der Waals surface area (Å²) in [6.45, 7) is 7.54. The molecule has 10 heavy (non-hydrogen) atoms. The van der Waals surface area contributed by atoms with E-state index in [1.807, 2.05) is 13.8 Å². The van der Waals surface area contributed by atoms with Crippen molar-refractivity contribution >= 4 is 22.6 Å². The minimum Gasteiger partial charge on any atom is -0.389 e. The molecule has 2 nitrogen and oxygen atoms in total. The molecule has 0 radical (unpaired) electrons. The van der Waals surface area contributed by atoms with Crippen LogP contribution in [0.1, 0.15) is 20.8 Å². The van der Waals surface area contributed by atoms with Crippen molar-refractivity contribution in [2.45, 2.75) is 26.4 Å². The van der Waals surface area contributed by atoms with Gasteiger partial charge >= 0.3 is 0 Å². The zero-order valence-corrected chi connectivity index (χ0v) is 9.05. The molecule has 0 aromatic heterocycles. The van der Waals surface area contributed by atoms with Crippen LogP contribution < -0.4 is 0 Å². The van der Waals surface area contributed by atoms with Gasteiger partial charge < -0.3 is 5.11 Å². The highest BCUT2D eigenvalue weighted by Gasteiger charge is 2.15. The molecule has 0 aliphatic carbocycles. The van der Waals surface area contributed by atoms with Crippen LogP contribution in [0, 0.1) is 0 Å². The van der Waals surface area contributed by atoms with E-state index in [2.05, 4.69) is 34.4 Å². The van der Waals surface area contributed by atoms with Gasteiger partial charge in [0.05, 0.1) is 10.2 Å². The number of likely N-dealkylation sites (N-methyl/N-ethyl adjacent to an activating group) is 1. The van der Waals surface area contributed by atoms with Crippen LogP contribution in [-0.2, 0) is 0 Å². The van der Waals surface area contributed by atoms with Crippen molar-refractivity contribution in [1.29, 1.82) is 0 Å². The van der Waals surface area contributed by atoms with Gasteiger partial charge in [-0.3, -0.25) is 4.90 Å². The van der Waals surface area contributed by atoms with Crippen molar-refractivity contribution in [3.8, 4) is 0 Å². The number of hydrogen-bond acceptors (Lipinski definition) is 2. The fraction of sp³-hybridized carbons (Fsp3) is 1.00. The lowest BCUT2D eigenvalue weighted by molar-refractivity contribution is 0.0452. The predicted molar refractivity (Wildman–Crippen MR) is 52.4 cm³/mol. The SMILES string of the molecule is CCN(CI)CC(C)(C)O. The number of aliphatic hydroxyl groups is 1. The quantitative estimate of drug-likeness (QED) is 0.468. The summed E-state index contributed by atoms with van der Waals surface area (Å²) in [6.07, 6.45) is 0. The number of alkyl halides is 1. The van der Waals surface area contributed by atoms with E-state index in [-0.39, 0.29) is 0 Å². The maximum Gasteiger partial charge on any atom is 0.0718 e. The summed E-state index contributed by atoms with van der Waals surface area (Å²) < 4.78 is 0.984. The second-order valence-electron chi connectivity index (χ2n) is 3.08. The summed E-state index contributed by atoms with van der Waals surface area (Å²) >= 11 is 2.30. The first-order valence-electron chi connectivity index (χ1n) is 3.50. The molecule has 0 saturated heterocycles. The maximum atomic E-state index is 9.41. The maximum absolute atomic E-state index is 9.41. The van der Waals surface area contributed by atoms with E-state index in [1.54, 1.807) is 0 Å². The largest absolute Gasteiger partial charge is 0.389 e. The van der Waals surface area contributed by atoms with Crippen LogP contribution in [-0.4, -0.2) is 33.2 Å². The van der Waals surface area contributed by atoms with Crippen LogP contribution in [0.5, 0.6) is 0 Å². The molecule has 0 saturated carbocycles. The van der Waals surface area contributed by atoms with Gasteiger partial charge in [0, 0.05) is 6.54 Å². The number of hydrogen-bond donors (Lipinski definition) is 1. The lowest BCUT2D eigenvalue weighted by atomic mass is 10.1. The summed E-state index contributed by atoms with van der Waals surface area (Å²) in [4.78, 5) is 2.19. The van der Waals surface area contributed by atoms with Crippen LogP contribution in [0.3, 0.4) is 0 Å². The van der Waals surface area contributed by atoms with Crippen molar-refractivity contribution in [1.82, 2.24) is 4.90 Å². The first kappa shape index (κ1) is 10.7. The Kier molecular flexibility index (Phi) is 4.81. The van der Waals surface area contributed by atoms with Gasteiger partial charge in [-0.15, -0.1) is 0 Å². The van der Waals surface area contributed by atoms with E-state index >= 15 is 0 Å². The Labute approximate surface area is 76.7 Å². The third kappa shape index (κ3) is 5.44. The molecular weight excluding hydrogens is 241 g/mol. The number of nitrogens with zero attached hydrogens (tertiary/aromatic N) is 1. The molecule has 0 unspecified atom stereocenters. The van der Waals surface area contributed by atoms with E-state index in [0.29, 0.717) is 0 Å². The third-order valence-electron chi connectivity index (χ3n) is 1.23. The van der Waals surface area contributed by atoms with E-state index < -0.39 is 5.60 Å². The van der Waals surface area contributed by atoms with Gasteiger partial charge in [0.25, 0.3) is 0 Å². The summed E-state index contributed by atoms with van der Waals surface area (Å²) in [7, 11) is 0. The molecule has 0 aliphatic rings. The highest BCUT2D eigenvalue weighted by molar-refractivity contribution is 14.1. The molecule has 0 heterocycles. The summed E-state index contributed by atoms with van der Waals surface area (Å²) in [5.41, 5.74) is -0.554. The summed E-state index contributed by atoms with van der Waals surface area (Å²) in [5.74, 6) is 0. The molecule has 0 aliphatic heterocycles. The van der Waals surface area contributed by atoms with Crippen LogP contribution >= 0.6 is 22.6 Å². The van der Waals surface area contributed by atoms with Crippen LogP contribution in [0.25, 0.3) is 0 Å². The van der Waals surface area contributed by atoms with Gasteiger partial charge in [-0.1, -0.05) is 29.5 Å². The van der Waals surface area contributed by atoms with Crippen molar-refractivity contribution in [2.75, 3.05) is 17.6 Å². The fourth-order valence-electron chi connectivity index (χ4n) is 0.786. The molecular formula is C7H16INO. The first-order chi connectivity index (χ1) is 4.49. The van der Waals surface area contributed by atoms with Crippen molar-refractivity contribution in [3.63, 3.8) is 0 Å². The number of halogens is 1. The predicted octanol–water partition coefficient (Wildman–Crippen LogP) is 1.47. The minimum absolute atomic E-state index is 0.554. The smallest absolute Gasteiger partial charge is 0.0718 e. The Hall–Kier alpha value is 0.650. The topological polar surface area (TPSA) is 23.5 Å². The number of rotatable bonds is 4. The van der Waals surface area contributed by atoms with Crippen molar-refractivity contribution in [2.24, 2.45) is 0 Å². The Balaban J connectivity index is 3.63. The lowest BCUT2D eigenvalue weighted by Crippen LogP contribution is -2.37. The standard InChI is InChI=1S/C7H16INO/c1-4-9(6-8)5-7(2,3)10/h10H,4-6H2,1-3H3.